The molecule has 2 heterocycles. The van der Waals surface area contributed by atoms with Crippen LogP contribution in [0.3, 0.4) is 0 Å². The Morgan fingerprint density at radius 1 is 1.05 bits per heavy atom. The summed E-state index contributed by atoms with van der Waals surface area (Å²) in [6, 6.07) is 8.68. The molecule has 3 aliphatic rings. The largest absolute Gasteiger partial charge is 0.387 e. The number of rotatable bonds is 1. The second kappa shape index (κ2) is 5.14. The molecule has 0 radical (unpaired) electrons. The normalized spacial score (nSPS) is 37.5. The highest BCUT2D eigenvalue weighted by Gasteiger charge is 2.39. The van der Waals surface area contributed by atoms with E-state index in [1.54, 1.807) is 0 Å². The third-order valence-electron chi connectivity index (χ3n) is 5.23. The molecular weight excluding hydrogens is 250 g/mol. The van der Waals surface area contributed by atoms with Crippen LogP contribution in [0.5, 0.6) is 0 Å². The molecule has 0 aromatic heterocycles. The van der Waals surface area contributed by atoms with Gasteiger partial charge >= 0.3 is 0 Å². The molecule has 4 unspecified atom stereocenters. The number of hydrogen-bond acceptors (Lipinski definition) is 3. The standard InChI is InChI=1S/C17H23NO2/c19-17-15-6-2-1-4-12(15)5-3-7-16(17)18-10-13-8-9-14(11-18)20-13/h1-2,4,6,13-14,16-17,19H,3,5,7-11H2. The highest BCUT2D eigenvalue weighted by molar-refractivity contribution is 5.31. The number of likely N-dealkylation sites (tertiary alicyclic amines) is 1. The van der Waals surface area contributed by atoms with Gasteiger partial charge in [0.25, 0.3) is 0 Å². The fourth-order valence-electron chi connectivity index (χ4n) is 4.22. The van der Waals surface area contributed by atoms with Crippen molar-refractivity contribution in [2.75, 3.05) is 13.1 Å². The molecule has 1 aromatic rings. The zero-order valence-corrected chi connectivity index (χ0v) is 11.9. The Balaban J connectivity index is 1.59. The Kier molecular flexibility index (Phi) is 3.29. The van der Waals surface area contributed by atoms with Gasteiger partial charge in [0.05, 0.1) is 18.3 Å². The van der Waals surface area contributed by atoms with Gasteiger partial charge in [-0.05, 0) is 43.2 Å². The van der Waals surface area contributed by atoms with E-state index >= 15 is 0 Å². The van der Waals surface area contributed by atoms with Crippen LogP contribution >= 0.6 is 0 Å². The minimum atomic E-state index is -0.341. The number of hydrogen-bond donors (Lipinski definition) is 1. The van der Waals surface area contributed by atoms with E-state index in [2.05, 4.69) is 23.1 Å². The van der Waals surface area contributed by atoms with Crippen molar-refractivity contribution in [2.24, 2.45) is 0 Å². The molecule has 108 valence electrons. The quantitative estimate of drug-likeness (QED) is 0.797. The molecule has 2 fully saturated rings. The maximum Gasteiger partial charge on any atom is 0.0947 e. The fourth-order valence-corrected chi connectivity index (χ4v) is 4.22. The Morgan fingerprint density at radius 2 is 1.80 bits per heavy atom. The Morgan fingerprint density at radius 3 is 2.60 bits per heavy atom. The van der Waals surface area contributed by atoms with Crippen LogP contribution in [0, 0.1) is 0 Å². The number of morpholine rings is 1. The number of aliphatic hydroxyl groups is 1. The average Bonchev–Trinajstić information content (AvgIpc) is 2.72. The van der Waals surface area contributed by atoms with E-state index in [0.29, 0.717) is 12.2 Å². The van der Waals surface area contributed by atoms with Gasteiger partial charge in [-0.25, -0.2) is 0 Å². The first-order valence-corrected chi connectivity index (χ1v) is 7.96. The second-order valence-corrected chi connectivity index (χ2v) is 6.51. The van der Waals surface area contributed by atoms with Crippen molar-refractivity contribution in [3.05, 3.63) is 35.4 Å². The molecule has 0 saturated carbocycles. The number of aryl methyl sites for hydroxylation is 1. The first-order chi connectivity index (χ1) is 9.81. The van der Waals surface area contributed by atoms with Crippen LogP contribution in [0.2, 0.25) is 0 Å². The molecule has 0 spiro atoms. The summed E-state index contributed by atoms with van der Waals surface area (Å²) in [6.45, 7) is 2.00. The van der Waals surface area contributed by atoms with E-state index in [9.17, 15) is 5.11 Å². The third-order valence-corrected chi connectivity index (χ3v) is 5.23. The number of fused-ring (bicyclic) bond motifs is 3. The first-order valence-electron chi connectivity index (χ1n) is 7.96. The van der Waals surface area contributed by atoms with Crippen LogP contribution in [-0.4, -0.2) is 41.3 Å². The summed E-state index contributed by atoms with van der Waals surface area (Å²) in [5.41, 5.74) is 2.48. The Hall–Kier alpha value is -0.900. The first kappa shape index (κ1) is 12.8. The van der Waals surface area contributed by atoms with E-state index in [0.717, 1.165) is 31.5 Å². The van der Waals surface area contributed by atoms with E-state index in [1.807, 2.05) is 6.07 Å². The molecule has 2 saturated heterocycles. The second-order valence-electron chi connectivity index (χ2n) is 6.51. The van der Waals surface area contributed by atoms with Gasteiger partial charge in [-0.3, -0.25) is 4.90 Å². The molecule has 3 heteroatoms. The lowest BCUT2D eigenvalue weighted by molar-refractivity contribution is -0.0745. The van der Waals surface area contributed by atoms with E-state index < -0.39 is 0 Å². The summed E-state index contributed by atoms with van der Waals surface area (Å²) < 4.78 is 5.93. The maximum atomic E-state index is 10.9. The van der Waals surface area contributed by atoms with Crippen LogP contribution in [0.4, 0.5) is 0 Å². The lowest BCUT2D eigenvalue weighted by atomic mass is 9.97. The number of nitrogens with zero attached hydrogens (tertiary/aromatic N) is 1. The van der Waals surface area contributed by atoms with Crippen molar-refractivity contribution in [2.45, 2.75) is 56.5 Å². The van der Waals surface area contributed by atoms with Crippen LogP contribution < -0.4 is 0 Å². The molecule has 20 heavy (non-hydrogen) atoms. The van der Waals surface area contributed by atoms with Crippen LogP contribution in [0.25, 0.3) is 0 Å². The van der Waals surface area contributed by atoms with Crippen LogP contribution in [-0.2, 0) is 11.2 Å². The Labute approximate surface area is 120 Å². The molecule has 0 amide bonds. The van der Waals surface area contributed by atoms with Crippen molar-refractivity contribution in [3.8, 4) is 0 Å². The number of aliphatic hydroxyl groups excluding tert-OH is 1. The summed E-state index contributed by atoms with van der Waals surface area (Å²) in [5.74, 6) is 0. The van der Waals surface area contributed by atoms with Gasteiger partial charge in [0.1, 0.15) is 0 Å². The topological polar surface area (TPSA) is 32.7 Å². The van der Waals surface area contributed by atoms with E-state index in [1.165, 1.54) is 24.8 Å². The zero-order chi connectivity index (χ0) is 13.5. The lowest BCUT2D eigenvalue weighted by Gasteiger charge is -2.39. The minimum absolute atomic E-state index is 0.269. The molecule has 3 nitrogen and oxygen atoms in total. The van der Waals surface area contributed by atoms with Gasteiger partial charge in [-0.15, -0.1) is 0 Å². The average molecular weight is 273 g/mol. The smallest absolute Gasteiger partial charge is 0.0947 e. The highest BCUT2D eigenvalue weighted by atomic mass is 16.5. The van der Waals surface area contributed by atoms with Crippen LogP contribution in [0.1, 0.15) is 42.9 Å². The third kappa shape index (κ3) is 2.18. The summed E-state index contributed by atoms with van der Waals surface area (Å²) in [6.07, 6.45) is 6.22. The molecule has 1 aromatic carbocycles. The zero-order valence-electron chi connectivity index (χ0n) is 11.9. The van der Waals surface area contributed by atoms with Crippen molar-refractivity contribution < 1.29 is 9.84 Å². The SMILES string of the molecule is OC1c2ccccc2CCCC1N1CC2CCC(C1)O2. The molecule has 1 aliphatic carbocycles. The minimum Gasteiger partial charge on any atom is -0.387 e. The fraction of sp³-hybridized carbons (Fsp3) is 0.647. The monoisotopic (exact) mass is 273 g/mol. The molecular formula is C17H23NO2. The van der Waals surface area contributed by atoms with Crippen molar-refractivity contribution >= 4 is 0 Å². The van der Waals surface area contributed by atoms with Gasteiger partial charge in [-0.2, -0.15) is 0 Å². The molecule has 2 aliphatic heterocycles. The number of benzene rings is 1. The predicted octanol–water partition coefficient (Wildman–Crippen LogP) is 2.29. The highest BCUT2D eigenvalue weighted by Crippen LogP contribution is 2.35. The van der Waals surface area contributed by atoms with Crippen molar-refractivity contribution in [1.82, 2.24) is 4.90 Å². The Bertz CT molecular complexity index is 478. The summed E-state index contributed by atoms with van der Waals surface area (Å²) >= 11 is 0. The summed E-state index contributed by atoms with van der Waals surface area (Å²) in [4.78, 5) is 2.50. The van der Waals surface area contributed by atoms with E-state index in [-0.39, 0.29) is 12.1 Å². The predicted molar refractivity (Wildman–Crippen MR) is 77.6 cm³/mol. The van der Waals surface area contributed by atoms with E-state index in [4.69, 9.17) is 4.74 Å². The van der Waals surface area contributed by atoms with Gasteiger partial charge < -0.3 is 9.84 Å². The van der Waals surface area contributed by atoms with Crippen molar-refractivity contribution in [3.63, 3.8) is 0 Å². The summed E-state index contributed by atoms with van der Waals surface area (Å²) in [5, 5.41) is 10.9. The molecule has 1 N–H and O–H groups in total. The van der Waals surface area contributed by atoms with Crippen molar-refractivity contribution in [1.29, 1.82) is 0 Å². The maximum absolute atomic E-state index is 10.9. The summed E-state index contributed by atoms with van der Waals surface area (Å²) in [7, 11) is 0. The van der Waals surface area contributed by atoms with Crippen LogP contribution in [0.15, 0.2) is 24.3 Å². The lowest BCUT2D eigenvalue weighted by Crippen LogP contribution is -2.49. The number of ether oxygens (including phenoxy) is 1. The van der Waals surface area contributed by atoms with Gasteiger partial charge in [0, 0.05) is 19.1 Å². The van der Waals surface area contributed by atoms with Gasteiger partial charge in [0.15, 0.2) is 0 Å². The van der Waals surface area contributed by atoms with Gasteiger partial charge in [-0.1, -0.05) is 24.3 Å². The molecule has 2 bridgehead atoms. The molecule has 4 rings (SSSR count). The van der Waals surface area contributed by atoms with Gasteiger partial charge in [0.2, 0.25) is 0 Å². The molecule has 4 atom stereocenters.